The second kappa shape index (κ2) is 2.20. The van der Waals surface area contributed by atoms with Crippen LogP contribution < -0.4 is 22.5 Å². The van der Waals surface area contributed by atoms with Gasteiger partial charge in [-0.05, 0) is 0 Å². The summed E-state index contributed by atoms with van der Waals surface area (Å²) < 4.78 is 0. The summed E-state index contributed by atoms with van der Waals surface area (Å²) in [5, 5.41) is 2.39. The maximum absolute atomic E-state index is 10.3. The molecule has 1 aliphatic rings. The number of guanidine groups is 2. The summed E-state index contributed by atoms with van der Waals surface area (Å²) in [6, 6.07) is 0. The minimum atomic E-state index is -1.65. The average Bonchev–Trinajstić information content (AvgIpc) is 1.84. The van der Waals surface area contributed by atoms with E-state index in [9.17, 15) is 4.79 Å². The molecular formula is C4H8N6O. The summed E-state index contributed by atoms with van der Waals surface area (Å²) >= 11 is 0. The van der Waals surface area contributed by atoms with Crippen LogP contribution in [0, 0.1) is 0 Å². The molecule has 11 heavy (non-hydrogen) atoms. The number of hydrogen-bond donors (Lipinski definition) is 4. The van der Waals surface area contributed by atoms with Crippen molar-refractivity contribution in [1.82, 2.24) is 5.32 Å². The van der Waals surface area contributed by atoms with Gasteiger partial charge in [-0.3, -0.25) is 15.8 Å². The van der Waals surface area contributed by atoms with Crippen molar-refractivity contribution in [1.29, 1.82) is 0 Å². The predicted molar refractivity (Wildman–Crippen MR) is 39.4 cm³/mol. The molecule has 0 amide bonds. The topological polar surface area (TPSA) is 132 Å². The first kappa shape index (κ1) is 7.48. The van der Waals surface area contributed by atoms with Crippen molar-refractivity contribution in [3.63, 3.8) is 0 Å². The molecule has 0 saturated heterocycles. The number of nitrogens with two attached hydrogens (primary N) is 3. The molecule has 0 fully saturated rings. The lowest BCUT2D eigenvalue weighted by molar-refractivity contribution is -0.111. The Morgan fingerprint density at radius 3 is 2.18 bits per heavy atom. The Labute approximate surface area is 62.3 Å². The van der Waals surface area contributed by atoms with Crippen molar-refractivity contribution < 1.29 is 4.79 Å². The van der Waals surface area contributed by atoms with E-state index in [2.05, 4.69) is 15.3 Å². The van der Waals surface area contributed by atoms with Gasteiger partial charge < -0.3 is 11.5 Å². The van der Waals surface area contributed by atoms with Crippen LogP contribution in [0.2, 0.25) is 0 Å². The lowest BCUT2D eigenvalue weighted by Crippen LogP contribution is -2.53. The van der Waals surface area contributed by atoms with Gasteiger partial charge in [0, 0.05) is 0 Å². The summed E-state index contributed by atoms with van der Waals surface area (Å²) in [7, 11) is 0. The molecular weight excluding hydrogens is 148 g/mol. The first-order valence-corrected chi connectivity index (χ1v) is 2.78. The third-order valence-corrected chi connectivity index (χ3v) is 1.03. The lowest BCUT2D eigenvalue weighted by Gasteiger charge is -2.19. The summed E-state index contributed by atoms with van der Waals surface area (Å²) in [5.41, 5.74) is 15.7. The van der Waals surface area contributed by atoms with E-state index in [0.29, 0.717) is 6.29 Å². The highest BCUT2D eigenvalue weighted by molar-refractivity contribution is 6.00. The van der Waals surface area contributed by atoms with Crippen LogP contribution in [0.3, 0.4) is 0 Å². The van der Waals surface area contributed by atoms with E-state index in [4.69, 9.17) is 17.2 Å². The quantitative estimate of drug-likeness (QED) is 0.301. The van der Waals surface area contributed by atoms with Gasteiger partial charge >= 0.3 is 0 Å². The van der Waals surface area contributed by atoms with Crippen LogP contribution in [-0.2, 0) is 4.79 Å². The largest absolute Gasteiger partial charge is 0.369 e. The van der Waals surface area contributed by atoms with Gasteiger partial charge in [-0.25, -0.2) is 9.98 Å². The molecule has 1 rings (SSSR count). The first-order chi connectivity index (χ1) is 5.06. The molecule has 1 aliphatic heterocycles. The molecule has 0 bridgehead atoms. The van der Waals surface area contributed by atoms with Gasteiger partial charge in [0.15, 0.2) is 18.2 Å². The average molecular weight is 156 g/mol. The summed E-state index contributed by atoms with van der Waals surface area (Å²) in [6.07, 6.45) is 0.355. The number of nitrogens with one attached hydrogen (secondary N) is 1. The Balaban J connectivity index is 2.97. The zero-order valence-corrected chi connectivity index (χ0v) is 5.61. The molecule has 0 saturated carbocycles. The van der Waals surface area contributed by atoms with Gasteiger partial charge in [-0.1, -0.05) is 0 Å². The minimum absolute atomic E-state index is 0.0212. The second-order valence-electron chi connectivity index (χ2n) is 2.02. The number of aldehydes is 1. The third-order valence-electron chi connectivity index (χ3n) is 1.03. The van der Waals surface area contributed by atoms with Crippen LogP contribution in [0.4, 0.5) is 0 Å². The van der Waals surface area contributed by atoms with Gasteiger partial charge in [-0.15, -0.1) is 0 Å². The number of carbonyl (C=O) groups excluding carboxylic acids is 1. The van der Waals surface area contributed by atoms with Crippen molar-refractivity contribution >= 4 is 18.2 Å². The van der Waals surface area contributed by atoms with Crippen LogP contribution in [0.1, 0.15) is 0 Å². The maximum Gasteiger partial charge on any atom is 0.265 e. The molecule has 0 spiro atoms. The highest BCUT2D eigenvalue weighted by Gasteiger charge is 2.26. The SMILES string of the molecule is NC1=NC(N)(C=O)N=C(N)N1. The van der Waals surface area contributed by atoms with E-state index in [1.807, 2.05) is 0 Å². The molecule has 0 unspecified atom stereocenters. The third kappa shape index (κ3) is 1.44. The Hall–Kier alpha value is -1.63. The van der Waals surface area contributed by atoms with Crippen molar-refractivity contribution in [2.75, 3.05) is 0 Å². The fourth-order valence-electron chi connectivity index (χ4n) is 0.651. The van der Waals surface area contributed by atoms with E-state index in [1.165, 1.54) is 0 Å². The van der Waals surface area contributed by atoms with E-state index in [1.54, 1.807) is 0 Å². The fraction of sp³-hybridized carbons (Fsp3) is 0.250. The minimum Gasteiger partial charge on any atom is -0.369 e. The molecule has 0 aromatic carbocycles. The van der Waals surface area contributed by atoms with Crippen LogP contribution in [0.15, 0.2) is 9.98 Å². The zero-order chi connectivity index (χ0) is 8.48. The number of aliphatic imine (C=N–C) groups is 2. The van der Waals surface area contributed by atoms with Gasteiger partial charge in [0.1, 0.15) is 0 Å². The fourth-order valence-corrected chi connectivity index (χ4v) is 0.651. The molecule has 0 aromatic rings. The number of hydrogen-bond acceptors (Lipinski definition) is 7. The van der Waals surface area contributed by atoms with Crippen molar-refractivity contribution in [3.05, 3.63) is 0 Å². The summed E-state index contributed by atoms with van der Waals surface area (Å²) in [6.45, 7) is 0. The summed E-state index contributed by atoms with van der Waals surface area (Å²) in [4.78, 5) is 17.3. The maximum atomic E-state index is 10.3. The van der Waals surface area contributed by atoms with E-state index >= 15 is 0 Å². The van der Waals surface area contributed by atoms with Crippen LogP contribution in [0.5, 0.6) is 0 Å². The van der Waals surface area contributed by atoms with E-state index < -0.39 is 5.79 Å². The van der Waals surface area contributed by atoms with E-state index in [-0.39, 0.29) is 11.9 Å². The van der Waals surface area contributed by atoms with Crippen molar-refractivity contribution in [2.45, 2.75) is 5.79 Å². The molecule has 1 heterocycles. The van der Waals surface area contributed by atoms with Crippen LogP contribution in [0.25, 0.3) is 0 Å². The smallest absolute Gasteiger partial charge is 0.265 e. The Kier molecular flexibility index (Phi) is 1.50. The Morgan fingerprint density at radius 2 is 1.82 bits per heavy atom. The van der Waals surface area contributed by atoms with Crippen molar-refractivity contribution in [3.8, 4) is 0 Å². The molecule has 7 heteroatoms. The molecule has 0 radical (unpaired) electrons. The standard InChI is InChI=1S/C4H8N6O/c5-2-8-3(6)10-4(7,1-11)9-2/h1H,7H2,(H5,5,6,8,9,10). The molecule has 7 N–H and O–H groups in total. The monoisotopic (exact) mass is 156 g/mol. The Bertz CT molecular complexity index is 225. The van der Waals surface area contributed by atoms with Gasteiger partial charge in [-0.2, -0.15) is 0 Å². The molecule has 7 nitrogen and oxygen atoms in total. The second-order valence-corrected chi connectivity index (χ2v) is 2.02. The molecule has 0 aromatic heterocycles. The zero-order valence-electron chi connectivity index (χ0n) is 5.61. The first-order valence-electron chi connectivity index (χ1n) is 2.78. The van der Waals surface area contributed by atoms with Gasteiger partial charge in [0.25, 0.3) is 5.79 Å². The van der Waals surface area contributed by atoms with Crippen LogP contribution >= 0.6 is 0 Å². The normalized spacial score (nSPS) is 21.2. The van der Waals surface area contributed by atoms with E-state index in [0.717, 1.165) is 0 Å². The predicted octanol–water partition coefficient (Wildman–Crippen LogP) is -2.97. The van der Waals surface area contributed by atoms with Gasteiger partial charge in [0.2, 0.25) is 0 Å². The number of carbonyl (C=O) groups is 1. The summed E-state index contributed by atoms with van der Waals surface area (Å²) in [5.74, 6) is -1.70. The van der Waals surface area contributed by atoms with Gasteiger partial charge in [0.05, 0.1) is 0 Å². The Morgan fingerprint density at radius 1 is 1.36 bits per heavy atom. The number of rotatable bonds is 1. The molecule has 0 atom stereocenters. The highest BCUT2D eigenvalue weighted by atomic mass is 16.1. The molecule has 60 valence electrons. The van der Waals surface area contributed by atoms with Crippen molar-refractivity contribution in [2.24, 2.45) is 27.2 Å². The number of nitrogens with zero attached hydrogens (tertiary/aromatic N) is 2. The van der Waals surface area contributed by atoms with Crippen LogP contribution in [-0.4, -0.2) is 24.0 Å². The lowest BCUT2D eigenvalue weighted by atomic mass is 10.4. The molecule has 0 aliphatic carbocycles. The highest BCUT2D eigenvalue weighted by Crippen LogP contribution is 2.02.